The van der Waals surface area contributed by atoms with Crippen LogP contribution >= 0.6 is 0 Å². The van der Waals surface area contributed by atoms with E-state index < -0.39 is 10.0 Å². The molecule has 0 aliphatic heterocycles. The summed E-state index contributed by atoms with van der Waals surface area (Å²) in [7, 11) is -3.45. The predicted octanol–water partition coefficient (Wildman–Crippen LogP) is 3.58. The zero-order valence-electron chi connectivity index (χ0n) is 13.4. The van der Waals surface area contributed by atoms with Crippen LogP contribution < -0.4 is 9.46 Å². The Morgan fingerprint density at radius 2 is 1.71 bits per heavy atom. The first-order valence-electron chi connectivity index (χ1n) is 7.60. The van der Waals surface area contributed by atoms with Gasteiger partial charge in [0.1, 0.15) is 5.75 Å². The molecule has 0 bridgehead atoms. The van der Waals surface area contributed by atoms with Crippen LogP contribution in [0.3, 0.4) is 0 Å². The van der Waals surface area contributed by atoms with E-state index in [1.54, 1.807) is 24.3 Å². The second-order valence-corrected chi connectivity index (χ2v) is 7.47. The molecule has 4 nitrogen and oxygen atoms in total. The zero-order chi connectivity index (χ0) is 15.9. The minimum absolute atomic E-state index is 0.0553. The van der Waals surface area contributed by atoms with Crippen LogP contribution in [-0.4, -0.2) is 21.1 Å². The van der Waals surface area contributed by atoms with Crippen molar-refractivity contribution < 1.29 is 13.2 Å². The second-order valence-electron chi connectivity index (χ2n) is 5.75. The van der Waals surface area contributed by atoms with Gasteiger partial charge in [-0.05, 0) is 50.5 Å². The fraction of sp³-hybridized carbons (Fsp3) is 0.625. The Kier molecular flexibility index (Phi) is 7.18. The first-order chi connectivity index (χ1) is 9.85. The fourth-order valence-electron chi connectivity index (χ4n) is 2.11. The van der Waals surface area contributed by atoms with Crippen LogP contribution in [0.1, 0.15) is 47.0 Å². The fourth-order valence-corrected chi connectivity index (χ4v) is 3.38. The minimum atomic E-state index is -3.45. The van der Waals surface area contributed by atoms with Crippen molar-refractivity contribution in [1.29, 1.82) is 0 Å². The lowest BCUT2D eigenvalue weighted by Gasteiger charge is -2.15. The van der Waals surface area contributed by atoms with E-state index in [1.165, 1.54) is 0 Å². The summed E-state index contributed by atoms with van der Waals surface area (Å²) in [6, 6.07) is 6.46. The summed E-state index contributed by atoms with van der Waals surface area (Å²) in [4.78, 5) is 0.279. The third-order valence-corrected chi connectivity index (χ3v) is 4.83. The smallest absolute Gasteiger partial charge is 0.240 e. The van der Waals surface area contributed by atoms with Gasteiger partial charge in [0.05, 0.1) is 11.5 Å². The van der Waals surface area contributed by atoms with Crippen molar-refractivity contribution in [3.05, 3.63) is 24.3 Å². The summed E-state index contributed by atoms with van der Waals surface area (Å²) < 4.78 is 32.6. The third-order valence-electron chi connectivity index (χ3n) is 3.22. The first-order valence-corrected chi connectivity index (χ1v) is 9.08. The zero-order valence-corrected chi connectivity index (χ0v) is 14.2. The van der Waals surface area contributed by atoms with Crippen molar-refractivity contribution in [1.82, 2.24) is 4.72 Å². The summed E-state index contributed by atoms with van der Waals surface area (Å²) in [6.07, 6.45) is 3.01. The van der Waals surface area contributed by atoms with Crippen molar-refractivity contribution >= 4 is 10.0 Å². The van der Waals surface area contributed by atoms with E-state index in [-0.39, 0.29) is 10.9 Å². The van der Waals surface area contributed by atoms with E-state index >= 15 is 0 Å². The van der Waals surface area contributed by atoms with Gasteiger partial charge in [-0.2, -0.15) is 0 Å². The van der Waals surface area contributed by atoms with Crippen LogP contribution in [0, 0.1) is 5.92 Å². The van der Waals surface area contributed by atoms with Gasteiger partial charge in [-0.25, -0.2) is 13.1 Å². The molecule has 1 N–H and O–H groups in total. The largest absolute Gasteiger partial charge is 0.494 e. The van der Waals surface area contributed by atoms with Crippen LogP contribution in [-0.2, 0) is 10.0 Å². The van der Waals surface area contributed by atoms with Crippen molar-refractivity contribution in [2.45, 2.75) is 57.9 Å². The monoisotopic (exact) mass is 313 g/mol. The number of hydrogen-bond acceptors (Lipinski definition) is 3. The van der Waals surface area contributed by atoms with E-state index in [1.807, 2.05) is 13.8 Å². The molecule has 0 aliphatic carbocycles. The lowest BCUT2D eigenvalue weighted by molar-refractivity contribution is 0.340. The van der Waals surface area contributed by atoms with E-state index in [4.69, 9.17) is 4.74 Å². The van der Waals surface area contributed by atoms with Crippen molar-refractivity contribution in [3.8, 4) is 5.75 Å². The number of hydrogen-bond donors (Lipinski definition) is 1. The Balaban J connectivity index is 2.59. The molecule has 1 unspecified atom stereocenters. The lowest BCUT2D eigenvalue weighted by atomic mass is 10.0. The summed E-state index contributed by atoms with van der Waals surface area (Å²) in [5, 5.41) is 0. The molecule has 0 radical (unpaired) electrons. The highest BCUT2D eigenvalue weighted by Crippen LogP contribution is 2.17. The SMILES string of the molecule is CCOc1ccc(S(=O)(=O)NC(C)CCCC(C)C)cc1. The van der Waals surface area contributed by atoms with E-state index in [2.05, 4.69) is 18.6 Å². The van der Waals surface area contributed by atoms with Gasteiger partial charge < -0.3 is 4.74 Å². The summed E-state index contributed by atoms with van der Waals surface area (Å²) in [5.41, 5.74) is 0. The molecule has 1 atom stereocenters. The molecule has 5 heteroatoms. The first kappa shape index (κ1) is 18.0. The summed E-state index contributed by atoms with van der Waals surface area (Å²) in [6.45, 7) is 8.72. The molecule has 1 aromatic carbocycles. The second kappa shape index (κ2) is 8.39. The normalized spacial score (nSPS) is 13.4. The predicted molar refractivity (Wildman–Crippen MR) is 86.1 cm³/mol. The molecule has 0 fully saturated rings. The number of sulfonamides is 1. The Hall–Kier alpha value is -1.07. The number of rotatable bonds is 9. The Morgan fingerprint density at radius 1 is 1.10 bits per heavy atom. The molecule has 120 valence electrons. The molecule has 0 amide bonds. The standard InChI is InChI=1S/C16H27NO3S/c1-5-20-15-9-11-16(12-10-15)21(18,19)17-14(4)8-6-7-13(2)3/h9-14,17H,5-8H2,1-4H3. The maximum absolute atomic E-state index is 12.3. The summed E-state index contributed by atoms with van der Waals surface area (Å²) in [5.74, 6) is 1.33. The van der Waals surface area contributed by atoms with E-state index in [9.17, 15) is 8.42 Å². The number of benzene rings is 1. The van der Waals surface area contributed by atoms with Gasteiger partial charge in [0, 0.05) is 6.04 Å². The van der Waals surface area contributed by atoms with Crippen molar-refractivity contribution in [2.24, 2.45) is 5.92 Å². The van der Waals surface area contributed by atoms with Gasteiger partial charge in [-0.3, -0.25) is 0 Å². The molecule has 0 saturated heterocycles. The quantitative estimate of drug-likeness (QED) is 0.758. The molecule has 0 spiro atoms. The molecular weight excluding hydrogens is 286 g/mol. The average molecular weight is 313 g/mol. The van der Waals surface area contributed by atoms with Crippen LogP contribution in [0.2, 0.25) is 0 Å². The molecule has 21 heavy (non-hydrogen) atoms. The molecule has 0 aliphatic rings. The minimum Gasteiger partial charge on any atom is -0.494 e. The van der Waals surface area contributed by atoms with Crippen LogP contribution in [0.15, 0.2) is 29.2 Å². The Morgan fingerprint density at radius 3 is 2.24 bits per heavy atom. The van der Waals surface area contributed by atoms with Gasteiger partial charge in [0.25, 0.3) is 0 Å². The Labute approximate surface area is 129 Å². The van der Waals surface area contributed by atoms with Crippen LogP contribution in [0.25, 0.3) is 0 Å². The molecule has 0 aromatic heterocycles. The number of ether oxygens (including phenoxy) is 1. The van der Waals surface area contributed by atoms with Crippen LogP contribution in [0.5, 0.6) is 5.75 Å². The summed E-state index contributed by atoms with van der Waals surface area (Å²) >= 11 is 0. The topological polar surface area (TPSA) is 55.4 Å². The van der Waals surface area contributed by atoms with E-state index in [0.717, 1.165) is 19.3 Å². The van der Waals surface area contributed by atoms with Crippen LogP contribution in [0.4, 0.5) is 0 Å². The maximum Gasteiger partial charge on any atom is 0.240 e. The van der Waals surface area contributed by atoms with Gasteiger partial charge in [-0.1, -0.05) is 26.7 Å². The third kappa shape index (κ3) is 6.48. The van der Waals surface area contributed by atoms with Crippen molar-refractivity contribution in [2.75, 3.05) is 6.61 Å². The van der Waals surface area contributed by atoms with E-state index in [0.29, 0.717) is 18.3 Å². The number of nitrogens with one attached hydrogen (secondary N) is 1. The molecule has 0 heterocycles. The van der Waals surface area contributed by atoms with Gasteiger partial charge in [0.15, 0.2) is 0 Å². The maximum atomic E-state index is 12.3. The lowest BCUT2D eigenvalue weighted by Crippen LogP contribution is -2.32. The highest BCUT2D eigenvalue weighted by molar-refractivity contribution is 7.89. The van der Waals surface area contributed by atoms with Gasteiger partial charge in [0.2, 0.25) is 10.0 Å². The van der Waals surface area contributed by atoms with Gasteiger partial charge >= 0.3 is 0 Å². The van der Waals surface area contributed by atoms with Gasteiger partial charge in [-0.15, -0.1) is 0 Å². The average Bonchev–Trinajstić information content (AvgIpc) is 2.38. The molecule has 1 rings (SSSR count). The highest BCUT2D eigenvalue weighted by Gasteiger charge is 2.17. The molecule has 0 saturated carbocycles. The highest BCUT2D eigenvalue weighted by atomic mass is 32.2. The Bertz CT molecular complexity index is 509. The van der Waals surface area contributed by atoms with Crippen molar-refractivity contribution in [3.63, 3.8) is 0 Å². The molecular formula is C16H27NO3S. The molecule has 1 aromatic rings.